The van der Waals surface area contributed by atoms with Crippen molar-refractivity contribution in [3.05, 3.63) is 12.2 Å². The Labute approximate surface area is 343 Å². The van der Waals surface area contributed by atoms with Gasteiger partial charge in [-0.2, -0.15) is 0 Å². The van der Waals surface area contributed by atoms with E-state index in [0.29, 0.717) is 12.8 Å². The fourth-order valence-electron chi connectivity index (χ4n) is 5.15. The van der Waals surface area contributed by atoms with Crippen molar-refractivity contribution in [3.8, 4) is 0 Å². The molecule has 304 valence electrons. The average Bonchev–Trinajstić information content (AvgIpc) is 3.13. The Balaban J connectivity index is -0.00000108. The van der Waals surface area contributed by atoms with Gasteiger partial charge in [0, 0.05) is 25.0 Å². The zero-order chi connectivity index (χ0) is 39.2. The van der Waals surface area contributed by atoms with Gasteiger partial charge in [-0.1, -0.05) is 117 Å². The van der Waals surface area contributed by atoms with E-state index in [0.717, 1.165) is 37.8 Å². The summed E-state index contributed by atoms with van der Waals surface area (Å²) in [7, 11) is 0. The van der Waals surface area contributed by atoms with Crippen LogP contribution in [0.4, 0.5) is 0 Å². The molecule has 0 heterocycles. The Kier molecular flexibility index (Phi) is 54.5. The summed E-state index contributed by atoms with van der Waals surface area (Å²) in [4.78, 5) is 46.7. The van der Waals surface area contributed by atoms with Crippen LogP contribution in [0.25, 0.3) is 0 Å². The normalized spacial score (nSPS) is 10.7. The van der Waals surface area contributed by atoms with Crippen molar-refractivity contribution in [1.29, 1.82) is 0 Å². The molecule has 0 rings (SSSR count). The molecule has 0 fully saturated rings. The summed E-state index contributed by atoms with van der Waals surface area (Å²) in [6.07, 6.45) is 34.0. The quantitative estimate of drug-likeness (QED) is 0.0210. The standard InChI is InChI=1S/C28H48O6.4C4H9.2Sn/c1-3-5-7-9-11-13-15-17-19-21-25(29)33-27(31)23-24-28(32)34-26(30)22-20-18-16-14-12-10-8-6-4-2;4*1-3-4-2;;/h23-24H,3-22H2,1-2H3;4*1,3-4H2,2H3;;/b24-23-;;;;;;. The average molecular weight is 947 g/mol. The molecule has 8 heteroatoms. The summed E-state index contributed by atoms with van der Waals surface area (Å²) in [5, 5.41) is 0. The molecule has 52 heavy (non-hydrogen) atoms. The topological polar surface area (TPSA) is 86.7 Å². The predicted molar refractivity (Wildman–Crippen MR) is 225 cm³/mol. The number of hydrogen-bond donors (Lipinski definition) is 0. The molecule has 0 aromatic carbocycles. The Morgan fingerprint density at radius 1 is 0.346 bits per heavy atom. The van der Waals surface area contributed by atoms with E-state index in [1.807, 2.05) is 0 Å². The molecular formula is C44H84O6Sn2. The molecule has 0 aromatic rings. The summed E-state index contributed by atoms with van der Waals surface area (Å²) in [6.45, 7) is 13.6. The van der Waals surface area contributed by atoms with Crippen molar-refractivity contribution in [1.82, 2.24) is 0 Å². The van der Waals surface area contributed by atoms with Crippen LogP contribution in [0.1, 0.15) is 221 Å². The van der Waals surface area contributed by atoms with Gasteiger partial charge in [0.15, 0.2) is 0 Å². The van der Waals surface area contributed by atoms with Crippen LogP contribution < -0.4 is 0 Å². The second-order valence-electron chi connectivity index (χ2n) is 14.0. The van der Waals surface area contributed by atoms with Crippen LogP contribution in [-0.4, -0.2) is 66.2 Å². The van der Waals surface area contributed by atoms with Crippen molar-refractivity contribution in [2.24, 2.45) is 0 Å². The minimum atomic E-state index is -0.927. The summed E-state index contributed by atoms with van der Waals surface area (Å²) in [5.41, 5.74) is 0. The SMILES string of the molecule is CCCCCCCCCCCC(=O)OC(=O)/C=C\C(=O)OC(=O)CCCCCCCCCCC.CCC[CH2][Sn][CH2]CCC.CCC[CH2][Sn][CH2]CCC. The molecule has 0 saturated heterocycles. The van der Waals surface area contributed by atoms with Gasteiger partial charge in [-0.3, -0.25) is 9.59 Å². The van der Waals surface area contributed by atoms with Crippen LogP contribution in [0.2, 0.25) is 17.7 Å². The molecule has 0 aliphatic rings. The first-order chi connectivity index (χ1) is 25.3. The molecule has 6 nitrogen and oxygen atoms in total. The fourth-order valence-corrected chi connectivity index (χ4v) is 13.5. The van der Waals surface area contributed by atoms with Crippen molar-refractivity contribution in [3.63, 3.8) is 0 Å². The van der Waals surface area contributed by atoms with Gasteiger partial charge in [0.05, 0.1) is 0 Å². The van der Waals surface area contributed by atoms with Crippen molar-refractivity contribution in [2.75, 3.05) is 0 Å². The number of carbonyl (C=O) groups excluding carboxylic acids is 4. The number of esters is 4. The molecule has 0 spiro atoms. The van der Waals surface area contributed by atoms with Crippen LogP contribution in [-0.2, 0) is 28.7 Å². The van der Waals surface area contributed by atoms with Crippen molar-refractivity contribution >= 4 is 66.2 Å². The van der Waals surface area contributed by atoms with Crippen molar-refractivity contribution < 1.29 is 28.7 Å². The van der Waals surface area contributed by atoms with Gasteiger partial charge >= 0.3 is 163 Å². The zero-order valence-corrected chi connectivity index (χ0v) is 40.9. The summed E-state index contributed by atoms with van der Waals surface area (Å²) >= 11 is 0.299. The summed E-state index contributed by atoms with van der Waals surface area (Å²) < 4.78 is 15.8. The fraction of sp³-hybridized carbons (Fsp3) is 0.864. The Morgan fingerprint density at radius 2 is 0.577 bits per heavy atom. The maximum atomic E-state index is 11.7. The maximum absolute atomic E-state index is 11.7. The van der Waals surface area contributed by atoms with Gasteiger partial charge in [0.1, 0.15) is 0 Å². The van der Waals surface area contributed by atoms with Crippen LogP contribution >= 0.6 is 0 Å². The first kappa shape index (κ1) is 56.0. The minimum absolute atomic E-state index is 0.149. The van der Waals surface area contributed by atoms with Gasteiger partial charge in [0.25, 0.3) is 0 Å². The van der Waals surface area contributed by atoms with Gasteiger partial charge in [-0.05, 0) is 12.8 Å². The first-order valence-corrected chi connectivity index (χ1v) is 30.0. The number of rotatable bonds is 34. The Hall–Kier alpha value is -0.383. The van der Waals surface area contributed by atoms with E-state index < -0.39 is 23.9 Å². The van der Waals surface area contributed by atoms with Crippen LogP contribution in [0.5, 0.6) is 0 Å². The molecular weight excluding hydrogens is 862 g/mol. The van der Waals surface area contributed by atoms with E-state index in [-0.39, 0.29) is 55.1 Å². The Morgan fingerprint density at radius 3 is 0.827 bits per heavy atom. The molecule has 0 aromatic heterocycles. The molecule has 0 unspecified atom stereocenters. The van der Waals surface area contributed by atoms with Crippen LogP contribution in [0, 0.1) is 0 Å². The molecule has 0 aliphatic heterocycles. The molecule has 0 saturated carbocycles. The molecule has 0 aliphatic carbocycles. The molecule has 4 radical (unpaired) electrons. The van der Waals surface area contributed by atoms with E-state index in [9.17, 15) is 19.2 Å². The summed E-state index contributed by atoms with van der Waals surface area (Å²) in [5.74, 6) is -3.06. The van der Waals surface area contributed by atoms with E-state index in [1.165, 1.54) is 128 Å². The predicted octanol–water partition coefficient (Wildman–Crippen LogP) is 13.8. The molecule has 0 amide bonds. The molecule has 0 N–H and O–H groups in total. The second kappa shape index (κ2) is 50.6. The first-order valence-electron chi connectivity index (χ1n) is 21.9. The van der Waals surface area contributed by atoms with Gasteiger partial charge in [0.2, 0.25) is 0 Å². The van der Waals surface area contributed by atoms with Gasteiger partial charge in [-0.25, -0.2) is 9.59 Å². The summed E-state index contributed by atoms with van der Waals surface area (Å²) in [6, 6.07) is 0. The van der Waals surface area contributed by atoms with E-state index in [1.54, 1.807) is 17.7 Å². The Bertz CT molecular complexity index is 726. The van der Waals surface area contributed by atoms with Gasteiger partial charge in [-0.15, -0.1) is 0 Å². The van der Waals surface area contributed by atoms with Crippen LogP contribution in [0.15, 0.2) is 12.2 Å². The zero-order valence-electron chi connectivity index (χ0n) is 35.2. The number of carbonyl (C=O) groups is 4. The third kappa shape index (κ3) is 54.0. The number of hydrogen-bond acceptors (Lipinski definition) is 6. The third-order valence-corrected chi connectivity index (χ3v) is 16.7. The van der Waals surface area contributed by atoms with E-state index in [4.69, 9.17) is 0 Å². The molecule has 0 bridgehead atoms. The molecule has 0 atom stereocenters. The van der Waals surface area contributed by atoms with Gasteiger partial charge < -0.3 is 9.47 Å². The van der Waals surface area contributed by atoms with Crippen LogP contribution in [0.3, 0.4) is 0 Å². The van der Waals surface area contributed by atoms with Crippen molar-refractivity contribution in [2.45, 2.75) is 239 Å². The third-order valence-electron chi connectivity index (χ3n) is 8.58. The monoisotopic (exact) mass is 948 g/mol. The second-order valence-corrected chi connectivity index (χ2v) is 22.6. The van der Waals surface area contributed by atoms with E-state index in [2.05, 4.69) is 51.0 Å². The number of ether oxygens (including phenoxy) is 2. The number of unbranched alkanes of at least 4 members (excludes halogenated alkanes) is 20. The van der Waals surface area contributed by atoms with E-state index >= 15 is 0 Å².